The number of amides is 2. The topological polar surface area (TPSA) is 84.2 Å². The zero-order valence-electron chi connectivity index (χ0n) is 15.0. The molecule has 0 heterocycles. The highest BCUT2D eigenvalue weighted by Gasteiger charge is 2.26. The number of carbonyl (C=O) groups excluding carboxylic acids is 2. The Kier molecular flexibility index (Phi) is 5.68. The van der Waals surface area contributed by atoms with Gasteiger partial charge in [0.25, 0.3) is 5.91 Å². The highest BCUT2D eigenvalue weighted by molar-refractivity contribution is 6.06. The minimum Gasteiger partial charge on any atom is -0.327 e. The van der Waals surface area contributed by atoms with E-state index in [1.165, 1.54) is 0 Å². The fourth-order valence-corrected chi connectivity index (χ4v) is 3.50. The van der Waals surface area contributed by atoms with Crippen LogP contribution in [0.15, 0.2) is 48.5 Å². The van der Waals surface area contributed by atoms with Crippen molar-refractivity contribution in [3.8, 4) is 0 Å². The van der Waals surface area contributed by atoms with Gasteiger partial charge in [-0.25, -0.2) is 0 Å². The second-order valence-corrected chi connectivity index (χ2v) is 6.91. The van der Waals surface area contributed by atoms with Crippen molar-refractivity contribution in [2.75, 3.05) is 10.6 Å². The van der Waals surface area contributed by atoms with Gasteiger partial charge in [0.15, 0.2) is 0 Å². The van der Waals surface area contributed by atoms with Crippen molar-refractivity contribution in [3.63, 3.8) is 0 Å². The lowest BCUT2D eigenvalue weighted by molar-refractivity contribution is -0.117. The Hall–Kier alpha value is -2.66. The van der Waals surface area contributed by atoms with Crippen LogP contribution in [-0.2, 0) is 4.79 Å². The maximum Gasteiger partial charge on any atom is 0.256 e. The molecule has 0 spiro atoms. The fraction of sp³-hybridized carbons (Fsp3) is 0.333. The summed E-state index contributed by atoms with van der Waals surface area (Å²) in [6, 6.07) is 14.8. The molecule has 2 aromatic carbocycles. The monoisotopic (exact) mass is 351 g/mol. The molecule has 1 saturated carbocycles. The molecule has 5 heteroatoms. The average Bonchev–Trinajstić information content (AvgIpc) is 3.02. The van der Waals surface area contributed by atoms with E-state index in [1.54, 1.807) is 12.1 Å². The Morgan fingerprint density at radius 3 is 2.50 bits per heavy atom. The summed E-state index contributed by atoms with van der Waals surface area (Å²) in [5, 5.41) is 5.82. The van der Waals surface area contributed by atoms with Crippen molar-refractivity contribution in [3.05, 3.63) is 59.7 Å². The van der Waals surface area contributed by atoms with E-state index in [0.29, 0.717) is 17.7 Å². The van der Waals surface area contributed by atoms with E-state index in [2.05, 4.69) is 10.6 Å². The maximum atomic E-state index is 12.6. The lowest BCUT2D eigenvalue weighted by atomic mass is 9.99. The first-order valence-electron chi connectivity index (χ1n) is 9.06. The molecule has 0 aliphatic heterocycles. The molecule has 136 valence electrons. The van der Waals surface area contributed by atoms with Gasteiger partial charge < -0.3 is 16.4 Å². The number of hydrogen-bond acceptors (Lipinski definition) is 3. The number of carbonyl (C=O) groups is 2. The molecule has 2 amide bonds. The number of benzene rings is 2. The molecule has 0 unspecified atom stereocenters. The van der Waals surface area contributed by atoms with Crippen LogP contribution in [0.1, 0.15) is 41.6 Å². The van der Waals surface area contributed by atoms with Gasteiger partial charge in [-0.2, -0.15) is 0 Å². The van der Waals surface area contributed by atoms with Crippen molar-refractivity contribution in [2.24, 2.45) is 11.7 Å². The predicted octanol–water partition coefficient (Wildman–Crippen LogP) is 3.70. The number of nitrogens with two attached hydrogens (primary N) is 1. The first-order valence-corrected chi connectivity index (χ1v) is 9.06. The minimum absolute atomic E-state index is 0.0453. The van der Waals surface area contributed by atoms with Gasteiger partial charge in [0.1, 0.15) is 0 Å². The van der Waals surface area contributed by atoms with E-state index >= 15 is 0 Å². The molecule has 0 aromatic heterocycles. The third kappa shape index (κ3) is 4.29. The molecule has 1 aliphatic carbocycles. The summed E-state index contributed by atoms with van der Waals surface area (Å²) >= 11 is 0. The smallest absolute Gasteiger partial charge is 0.256 e. The lowest BCUT2D eigenvalue weighted by Crippen LogP contribution is -2.28. The molecule has 1 fully saturated rings. The molecule has 2 aromatic rings. The van der Waals surface area contributed by atoms with Crippen LogP contribution >= 0.6 is 0 Å². The van der Waals surface area contributed by atoms with E-state index in [1.807, 2.05) is 43.3 Å². The third-order valence-electron chi connectivity index (χ3n) is 5.05. The zero-order valence-corrected chi connectivity index (χ0v) is 15.0. The summed E-state index contributed by atoms with van der Waals surface area (Å²) in [4.78, 5) is 24.9. The fourth-order valence-electron chi connectivity index (χ4n) is 3.50. The van der Waals surface area contributed by atoms with Crippen molar-refractivity contribution in [2.45, 2.75) is 38.6 Å². The lowest BCUT2D eigenvalue weighted by Gasteiger charge is -2.16. The third-order valence-corrected chi connectivity index (χ3v) is 5.05. The Balaban J connectivity index is 1.68. The Morgan fingerprint density at radius 2 is 1.81 bits per heavy atom. The van der Waals surface area contributed by atoms with Crippen molar-refractivity contribution in [1.29, 1.82) is 0 Å². The van der Waals surface area contributed by atoms with Gasteiger partial charge in [-0.3, -0.25) is 9.59 Å². The van der Waals surface area contributed by atoms with Crippen LogP contribution < -0.4 is 16.4 Å². The summed E-state index contributed by atoms with van der Waals surface area (Å²) in [5.41, 5.74) is 8.76. The van der Waals surface area contributed by atoms with Crippen molar-refractivity contribution >= 4 is 23.2 Å². The summed E-state index contributed by atoms with van der Waals surface area (Å²) in [5.74, 6) is 0.0125. The van der Waals surface area contributed by atoms with Gasteiger partial charge in [0, 0.05) is 29.4 Å². The first-order chi connectivity index (χ1) is 12.5. The van der Waals surface area contributed by atoms with Crippen molar-refractivity contribution in [1.82, 2.24) is 0 Å². The Morgan fingerprint density at radius 1 is 1.04 bits per heavy atom. The van der Waals surface area contributed by atoms with Gasteiger partial charge in [0.2, 0.25) is 5.91 Å². The highest BCUT2D eigenvalue weighted by Crippen LogP contribution is 2.28. The van der Waals surface area contributed by atoms with Gasteiger partial charge in [-0.05, 0) is 55.5 Å². The largest absolute Gasteiger partial charge is 0.327 e. The standard InChI is InChI=1S/C21H25N3O2/c1-14-17(21(26)23-16-8-3-2-4-9-16)10-6-12-19(14)24-20(25)13-15-7-5-11-18(15)22/h2-4,6,8-10,12,15,18H,5,7,11,13,22H2,1H3,(H,23,26)(H,24,25)/t15-,18+/m0/s1. The summed E-state index contributed by atoms with van der Waals surface area (Å²) in [7, 11) is 0. The van der Waals surface area contributed by atoms with Gasteiger partial charge in [-0.1, -0.05) is 30.7 Å². The van der Waals surface area contributed by atoms with Gasteiger partial charge in [-0.15, -0.1) is 0 Å². The Labute approximate surface area is 154 Å². The maximum absolute atomic E-state index is 12.6. The SMILES string of the molecule is Cc1c(NC(=O)C[C@@H]2CCC[C@H]2N)cccc1C(=O)Nc1ccccc1. The van der Waals surface area contributed by atoms with Crippen LogP contribution in [0.3, 0.4) is 0 Å². The van der Waals surface area contributed by atoms with E-state index in [-0.39, 0.29) is 23.8 Å². The molecule has 0 saturated heterocycles. The first kappa shape index (κ1) is 18.1. The highest BCUT2D eigenvalue weighted by atomic mass is 16.2. The summed E-state index contributed by atoms with van der Waals surface area (Å²) in [6.07, 6.45) is 3.52. The number of anilines is 2. The van der Waals surface area contributed by atoms with Crippen LogP contribution in [0.4, 0.5) is 11.4 Å². The number of hydrogen-bond donors (Lipinski definition) is 3. The van der Waals surface area contributed by atoms with E-state index < -0.39 is 0 Å². The normalized spacial score (nSPS) is 19.2. The predicted molar refractivity (Wildman–Crippen MR) is 104 cm³/mol. The van der Waals surface area contributed by atoms with E-state index in [4.69, 9.17) is 5.73 Å². The Bertz CT molecular complexity index is 789. The minimum atomic E-state index is -0.192. The number of rotatable bonds is 5. The summed E-state index contributed by atoms with van der Waals surface area (Å²) < 4.78 is 0. The zero-order chi connectivity index (χ0) is 18.5. The molecule has 26 heavy (non-hydrogen) atoms. The number of nitrogens with one attached hydrogen (secondary N) is 2. The van der Waals surface area contributed by atoms with E-state index in [9.17, 15) is 9.59 Å². The molecule has 1 aliphatic rings. The van der Waals surface area contributed by atoms with Gasteiger partial charge >= 0.3 is 0 Å². The number of para-hydroxylation sites is 1. The van der Waals surface area contributed by atoms with Crippen LogP contribution in [0, 0.1) is 12.8 Å². The van der Waals surface area contributed by atoms with Crippen LogP contribution in [0.5, 0.6) is 0 Å². The van der Waals surface area contributed by atoms with E-state index in [0.717, 1.165) is 30.5 Å². The van der Waals surface area contributed by atoms with Crippen molar-refractivity contribution < 1.29 is 9.59 Å². The average molecular weight is 351 g/mol. The second kappa shape index (κ2) is 8.15. The van der Waals surface area contributed by atoms with Crippen LogP contribution in [-0.4, -0.2) is 17.9 Å². The quantitative estimate of drug-likeness (QED) is 0.768. The van der Waals surface area contributed by atoms with Crippen LogP contribution in [0.25, 0.3) is 0 Å². The summed E-state index contributed by atoms with van der Waals surface area (Å²) in [6.45, 7) is 1.84. The molecule has 3 rings (SSSR count). The molecule has 4 N–H and O–H groups in total. The molecule has 0 bridgehead atoms. The molecular weight excluding hydrogens is 326 g/mol. The van der Waals surface area contributed by atoms with Gasteiger partial charge in [0.05, 0.1) is 0 Å². The molecule has 0 radical (unpaired) electrons. The molecular formula is C21H25N3O2. The second-order valence-electron chi connectivity index (χ2n) is 6.91. The molecule has 2 atom stereocenters. The van der Waals surface area contributed by atoms with Crippen LogP contribution in [0.2, 0.25) is 0 Å². The molecule has 5 nitrogen and oxygen atoms in total.